The molecule has 0 bridgehead atoms. The summed E-state index contributed by atoms with van der Waals surface area (Å²) < 4.78 is 4.83. The molecule has 0 radical (unpaired) electrons. The Morgan fingerprint density at radius 3 is 1.75 bits per heavy atom. The molecule has 0 aliphatic heterocycles. The maximum atomic E-state index is 4.85. The third-order valence-corrected chi connectivity index (χ3v) is 8.32. The number of pyridine rings is 1. The standard InChI is InChI=1S/C37H23N3/c1-2-12-25(13-3-1)39-30-18-8-6-15-27(30)35-32(39)20-21-33-36(35)28-16-7-9-19-31(28)40(33)34-23-24-11-4-5-14-26(24)37-29(34)17-10-22-38-37/h1-23H. The highest BCUT2D eigenvalue weighted by Gasteiger charge is 2.21. The fourth-order valence-corrected chi connectivity index (χ4v) is 6.71. The summed E-state index contributed by atoms with van der Waals surface area (Å²) in [5.74, 6) is 0. The van der Waals surface area contributed by atoms with E-state index >= 15 is 0 Å². The van der Waals surface area contributed by atoms with Gasteiger partial charge in [-0.3, -0.25) is 4.98 Å². The van der Waals surface area contributed by atoms with Crippen LogP contribution in [0.15, 0.2) is 140 Å². The third kappa shape index (κ3) is 2.81. The first kappa shape index (κ1) is 21.5. The molecule has 3 heteroatoms. The van der Waals surface area contributed by atoms with Crippen molar-refractivity contribution in [1.82, 2.24) is 14.1 Å². The number of benzene rings is 6. The Balaban J connectivity index is 1.51. The Morgan fingerprint density at radius 1 is 0.425 bits per heavy atom. The fraction of sp³-hybridized carbons (Fsp3) is 0. The molecule has 6 aromatic carbocycles. The van der Waals surface area contributed by atoms with Crippen LogP contribution in [0.4, 0.5) is 0 Å². The number of hydrogen-bond donors (Lipinski definition) is 0. The summed E-state index contributed by atoms with van der Waals surface area (Å²) in [6.45, 7) is 0. The van der Waals surface area contributed by atoms with E-state index in [4.69, 9.17) is 4.98 Å². The lowest BCUT2D eigenvalue weighted by molar-refractivity contribution is 1.18. The number of para-hydroxylation sites is 3. The molecule has 0 spiro atoms. The number of fused-ring (bicyclic) bond motifs is 10. The van der Waals surface area contributed by atoms with E-state index in [0.717, 1.165) is 16.6 Å². The van der Waals surface area contributed by atoms with Gasteiger partial charge < -0.3 is 9.13 Å². The number of rotatable bonds is 2. The average molecular weight is 510 g/mol. The van der Waals surface area contributed by atoms with E-state index in [1.165, 1.54) is 60.1 Å². The van der Waals surface area contributed by atoms with Crippen LogP contribution in [0.25, 0.3) is 76.7 Å². The molecule has 3 aromatic heterocycles. The fourth-order valence-electron chi connectivity index (χ4n) is 6.71. The number of hydrogen-bond acceptors (Lipinski definition) is 1. The van der Waals surface area contributed by atoms with Crippen molar-refractivity contribution in [3.8, 4) is 11.4 Å². The van der Waals surface area contributed by atoms with Crippen LogP contribution < -0.4 is 0 Å². The average Bonchev–Trinajstić information content (AvgIpc) is 3.54. The van der Waals surface area contributed by atoms with Gasteiger partial charge in [0.15, 0.2) is 0 Å². The first-order chi connectivity index (χ1) is 19.9. The van der Waals surface area contributed by atoms with E-state index in [-0.39, 0.29) is 0 Å². The number of nitrogens with zero attached hydrogens (tertiary/aromatic N) is 3. The van der Waals surface area contributed by atoms with Crippen LogP contribution in [-0.2, 0) is 0 Å². The lowest BCUT2D eigenvalue weighted by Gasteiger charge is -2.14. The topological polar surface area (TPSA) is 22.8 Å². The highest BCUT2D eigenvalue weighted by atomic mass is 15.0. The van der Waals surface area contributed by atoms with Gasteiger partial charge in [-0.1, -0.05) is 78.9 Å². The van der Waals surface area contributed by atoms with E-state index in [1.54, 1.807) is 0 Å². The van der Waals surface area contributed by atoms with Crippen LogP contribution in [0.2, 0.25) is 0 Å². The summed E-state index contributed by atoms with van der Waals surface area (Å²) >= 11 is 0. The van der Waals surface area contributed by atoms with Crippen molar-refractivity contribution in [3.05, 3.63) is 140 Å². The molecule has 0 aliphatic carbocycles. The van der Waals surface area contributed by atoms with E-state index in [9.17, 15) is 0 Å². The highest BCUT2D eigenvalue weighted by molar-refractivity contribution is 6.29. The van der Waals surface area contributed by atoms with Crippen molar-refractivity contribution in [2.45, 2.75) is 0 Å². The van der Waals surface area contributed by atoms with Crippen molar-refractivity contribution in [2.75, 3.05) is 0 Å². The second-order valence-electron chi connectivity index (χ2n) is 10.4. The summed E-state index contributed by atoms with van der Waals surface area (Å²) in [6, 6.07) is 48.0. The van der Waals surface area contributed by atoms with E-state index in [0.29, 0.717) is 0 Å². The lowest BCUT2D eigenvalue weighted by atomic mass is 10.0. The zero-order valence-electron chi connectivity index (χ0n) is 21.6. The lowest BCUT2D eigenvalue weighted by Crippen LogP contribution is -1.97. The van der Waals surface area contributed by atoms with E-state index in [2.05, 4.69) is 137 Å². The largest absolute Gasteiger partial charge is 0.309 e. The molecular formula is C37H23N3. The van der Waals surface area contributed by atoms with Gasteiger partial charge in [0, 0.05) is 44.2 Å². The van der Waals surface area contributed by atoms with Gasteiger partial charge in [0.2, 0.25) is 0 Å². The molecule has 186 valence electrons. The molecular weight excluding hydrogens is 486 g/mol. The van der Waals surface area contributed by atoms with Gasteiger partial charge in [0.05, 0.1) is 33.3 Å². The zero-order valence-corrected chi connectivity index (χ0v) is 21.6. The van der Waals surface area contributed by atoms with Gasteiger partial charge in [-0.05, 0) is 60.0 Å². The van der Waals surface area contributed by atoms with Crippen LogP contribution in [0, 0.1) is 0 Å². The zero-order chi connectivity index (χ0) is 26.2. The van der Waals surface area contributed by atoms with Gasteiger partial charge in [0.1, 0.15) is 0 Å². The first-order valence-corrected chi connectivity index (χ1v) is 13.7. The summed E-state index contributed by atoms with van der Waals surface area (Å²) in [6.07, 6.45) is 1.90. The molecule has 40 heavy (non-hydrogen) atoms. The Hall–Kier alpha value is -5.41. The predicted octanol–water partition coefficient (Wildman–Crippen LogP) is 9.58. The Kier molecular flexibility index (Phi) is 4.33. The molecule has 3 nitrogen and oxygen atoms in total. The molecule has 0 saturated heterocycles. The van der Waals surface area contributed by atoms with Gasteiger partial charge in [0.25, 0.3) is 0 Å². The molecule has 0 saturated carbocycles. The summed E-state index contributed by atoms with van der Waals surface area (Å²) in [5, 5.41) is 8.60. The monoisotopic (exact) mass is 509 g/mol. The molecule has 0 aliphatic rings. The first-order valence-electron chi connectivity index (χ1n) is 13.7. The van der Waals surface area contributed by atoms with Crippen molar-refractivity contribution < 1.29 is 0 Å². The van der Waals surface area contributed by atoms with Crippen molar-refractivity contribution in [3.63, 3.8) is 0 Å². The summed E-state index contributed by atoms with van der Waals surface area (Å²) in [7, 11) is 0. The van der Waals surface area contributed by atoms with Gasteiger partial charge >= 0.3 is 0 Å². The van der Waals surface area contributed by atoms with Gasteiger partial charge in [-0.25, -0.2) is 0 Å². The maximum absolute atomic E-state index is 4.85. The molecule has 9 aromatic rings. The minimum atomic E-state index is 1.03. The summed E-state index contributed by atoms with van der Waals surface area (Å²) in [4.78, 5) is 4.85. The SMILES string of the molecule is c1ccc(-n2c3ccccc3c3c4c5ccccc5n(-c5cc6ccccc6c6ncccc56)c4ccc32)cc1. The normalized spacial score (nSPS) is 12.0. The molecule has 0 atom stereocenters. The van der Waals surface area contributed by atoms with Gasteiger partial charge in [-0.2, -0.15) is 0 Å². The Bertz CT molecular complexity index is 2430. The second kappa shape index (κ2) is 8.05. The molecule has 9 rings (SSSR count). The van der Waals surface area contributed by atoms with Crippen LogP contribution >= 0.6 is 0 Å². The van der Waals surface area contributed by atoms with Gasteiger partial charge in [-0.15, -0.1) is 0 Å². The second-order valence-corrected chi connectivity index (χ2v) is 10.4. The molecule has 0 N–H and O–H groups in total. The van der Waals surface area contributed by atoms with Crippen molar-refractivity contribution >= 4 is 65.3 Å². The Labute approximate surface area is 230 Å². The maximum Gasteiger partial charge on any atom is 0.0801 e. The molecule has 0 fully saturated rings. The minimum absolute atomic E-state index is 1.03. The third-order valence-electron chi connectivity index (χ3n) is 8.32. The van der Waals surface area contributed by atoms with Crippen LogP contribution in [-0.4, -0.2) is 14.1 Å². The van der Waals surface area contributed by atoms with E-state index in [1.807, 2.05) is 12.3 Å². The minimum Gasteiger partial charge on any atom is -0.309 e. The van der Waals surface area contributed by atoms with Crippen molar-refractivity contribution in [2.24, 2.45) is 0 Å². The Morgan fingerprint density at radius 2 is 1.00 bits per heavy atom. The quantitative estimate of drug-likeness (QED) is 0.213. The number of aromatic nitrogens is 3. The predicted molar refractivity (Wildman–Crippen MR) is 168 cm³/mol. The summed E-state index contributed by atoms with van der Waals surface area (Å²) in [5.41, 5.74) is 8.18. The molecule has 0 amide bonds. The van der Waals surface area contributed by atoms with Crippen LogP contribution in [0.1, 0.15) is 0 Å². The van der Waals surface area contributed by atoms with Crippen LogP contribution in [0.5, 0.6) is 0 Å². The van der Waals surface area contributed by atoms with Crippen molar-refractivity contribution in [1.29, 1.82) is 0 Å². The smallest absolute Gasteiger partial charge is 0.0801 e. The highest BCUT2D eigenvalue weighted by Crippen LogP contribution is 2.43. The molecule has 3 heterocycles. The molecule has 0 unspecified atom stereocenters. The van der Waals surface area contributed by atoms with Crippen LogP contribution in [0.3, 0.4) is 0 Å². The van der Waals surface area contributed by atoms with E-state index < -0.39 is 0 Å².